The Morgan fingerprint density at radius 3 is 2.24 bits per heavy atom. The second kappa shape index (κ2) is 7.65. The van der Waals surface area contributed by atoms with Crippen LogP contribution in [0.3, 0.4) is 0 Å². The summed E-state index contributed by atoms with van der Waals surface area (Å²) in [4.78, 5) is 0. The van der Waals surface area contributed by atoms with Crippen molar-refractivity contribution in [2.75, 3.05) is 6.54 Å². The van der Waals surface area contributed by atoms with Gasteiger partial charge in [-0.2, -0.15) is 0 Å². The topological polar surface area (TPSA) is 12.0 Å². The number of benzene rings is 1. The van der Waals surface area contributed by atoms with Crippen LogP contribution in [0.4, 0.5) is 0 Å². The molecular formula is C19H32ClN. The van der Waals surface area contributed by atoms with E-state index in [0.717, 1.165) is 24.4 Å². The van der Waals surface area contributed by atoms with Gasteiger partial charge >= 0.3 is 0 Å². The summed E-state index contributed by atoms with van der Waals surface area (Å²) < 4.78 is 0. The lowest BCUT2D eigenvalue weighted by molar-refractivity contribution is 0.223. The maximum absolute atomic E-state index is 6.53. The van der Waals surface area contributed by atoms with Crippen LogP contribution in [0.15, 0.2) is 12.1 Å². The van der Waals surface area contributed by atoms with Gasteiger partial charge in [0.15, 0.2) is 0 Å². The zero-order chi connectivity index (χ0) is 16.2. The Bertz CT molecular complexity index is 459. The summed E-state index contributed by atoms with van der Waals surface area (Å²) in [6.07, 6.45) is 2.26. The molecule has 0 bridgehead atoms. The zero-order valence-corrected chi connectivity index (χ0v) is 15.6. The molecule has 0 heterocycles. The van der Waals surface area contributed by atoms with Gasteiger partial charge in [0, 0.05) is 11.1 Å². The van der Waals surface area contributed by atoms with E-state index in [1.807, 2.05) is 0 Å². The monoisotopic (exact) mass is 309 g/mol. The highest BCUT2D eigenvalue weighted by atomic mass is 35.5. The van der Waals surface area contributed by atoms with Crippen molar-refractivity contribution >= 4 is 11.6 Å². The molecular weight excluding hydrogens is 278 g/mol. The highest BCUT2D eigenvalue weighted by molar-refractivity contribution is 6.31. The summed E-state index contributed by atoms with van der Waals surface area (Å²) in [6.45, 7) is 16.8. The molecule has 21 heavy (non-hydrogen) atoms. The first-order valence-electron chi connectivity index (χ1n) is 8.16. The Morgan fingerprint density at radius 2 is 1.71 bits per heavy atom. The molecule has 2 unspecified atom stereocenters. The van der Waals surface area contributed by atoms with Crippen molar-refractivity contribution in [3.05, 3.63) is 33.8 Å². The lowest BCUT2D eigenvalue weighted by Crippen LogP contribution is -2.28. The lowest BCUT2D eigenvalue weighted by atomic mass is 9.77. The van der Waals surface area contributed by atoms with E-state index in [2.05, 4.69) is 65.9 Å². The molecule has 1 N–H and O–H groups in total. The average Bonchev–Trinajstić information content (AvgIpc) is 2.37. The quantitative estimate of drug-likeness (QED) is 0.672. The normalized spacial score (nSPS) is 15.0. The molecule has 0 aliphatic rings. The smallest absolute Gasteiger partial charge is 0.0456 e. The van der Waals surface area contributed by atoms with E-state index in [4.69, 9.17) is 11.6 Å². The number of aryl methyl sites for hydroxylation is 2. The van der Waals surface area contributed by atoms with Gasteiger partial charge in [-0.15, -0.1) is 0 Å². The van der Waals surface area contributed by atoms with E-state index < -0.39 is 0 Å². The molecule has 120 valence electrons. The minimum atomic E-state index is 0.318. The van der Waals surface area contributed by atoms with Crippen LogP contribution in [0.5, 0.6) is 0 Å². The van der Waals surface area contributed by atoms with Gasteiger partial charge in [-0.3, -0.25) is 0 Å². The van der Waals surface area contributed by atoms with Crippen molar-refractivity contribution in [1.82, 2.24) is 5.32 Å². The molecule has 0 amide bonds. The predicted octanol–water partition coefficient (Wildman–Crippen LogP) is 6.07. The first-order valence-corrected chi connectivity index (χ1v) is 8.54. The molecule has 0 fully saturated rings. The Labute approximate surface area is 136 Å². The molecule has 0 aliphatic carbocycles. The first kappa shape index (κ1) is 18.5. The minimum Gasteiger partial charge on any atom is -0.310 e. The highest BCUT2D eigenvalue weighted by Gasteiger charge is 2.25. The third-order valence-corrected chi connectivity index (χ3v) is 5.02. The van der Waals surface area contributed by atoms with E-state index in [9.17, 15) is 0 Å². The minimum absolute atomic E-state index is 0.318. The Balaban J connectivity index is 3.05. The van der Waals surface area contributed by atoms with Crippen LogP contribution in [0, 0.1) is 25.2 Å². The van der Waals surface area contributed by atoms with Crippen molar-refractivity contribution in [2.24, 2.45) is 11.3 Å². The van der Waals surface area contributed by atoms with Gasteiger partial charge in [0.05, 0.1) is 0 Å². The van der Waals surface area contributed by atoms with Crippen LogP contribution >= 0.6 is 11.6 Å². The summed E-state index contributed by atoms with van der Waals surface area (Å²) in [5.74, 6) is 0.629. The van der Waals surface area contributed by atoms with Crippen molar-refractivity contribution in [3.8, 4) is 0 Å². The average molecular weight is 310 g/mol. The summed E-state index contributed by atoms with van der Waals surface area (Å²) >= 11 is 6.53. The fraction of sp³-hybridized carbons (Fsp3) is 0.684. The molecule has 1 rings (SSSR count). The van der Waals surface area contributed by atoms with Crippen molar-refractivity contribution in [2.45, 2.75) is 67.3 Å². The summed E-state index contributed by atoms with van der Waals surface area (Å²) in [7, 11) is 0. The van der Waals surface area contributed by atoms with Gasteiger partial charge in [0.1, 0.15) is 0 Å². The molecule has 0 saturated heterocycles. The fourth-order valence-corrected chi connectivity index (χ4v) is 2.77. The van der Waals surface area contributed by atoms with Crippen molar-refractivity contribution in [1.29, 1.82) is 0 Å². The standard InChI is InChI=1S/C19H32ClN/c1-8-9-21-18(12-15(4)19(5,6)7)16-10-13(2)14(3)11-17(16)20/h10-11,15,18,21H,8-9,12H2,1-7H3. The Morgan fingerprint density at radius 1 is 1.14 bits per heavy atom. The predicted molar refractivity (Wildman–Crippen MR) is 95.2 cm³/mol. The maximum atomic E-state index is 6.53. The van der Waals surface area contributed by atoms with Gasteiger partial charge in [0.25, 0.3) is 0 Å². The molecule has 0 aliphatic heterocycles. The van der Waals surface area contributed by atoms with E-state index in [1.54, 1.807) is 0 Å². The summed E-state index contributed by atoms with van der Waals surface area (Å²) in [5, 5.41) is 4.59. The molecule has 1 aromatic carbocycles. The second-order valence-electron chi connectivity index (χ2n) is 7.47. The van der Waals surface area contributed by atoms with Gasteiger partial charge < -0.3 is 5.32 Å². The van der Waals surface area contributed by atoms with Gasteiger partial charge in [0.2, 0.25) is 0 Å². The Kier molecular flexibility index (Phi) is 6.74. The number of hydrogen-bond donors (Lipinski definition) is 1. The molecule has 2 heteroatoms. The lowest BCUT2D eigenvalue weighted by Gasteiger charge is -2.32. The van der Waals surface area contributed by atoms with Crippen LogP contribution < -0.4 is 5.32 Å². The van der Waals surface area contributed by atoms with Crippen LogP contribution in [-0.4, -0.2) is 6.54 Å². The molecule has 2 atom stereocenters. The first-order chi connectivity index (χ1) is 9.66. The number of halogens is 1. The van der Waals surface area contributed by atoms with E-state index in [1.165, 1.54) is 16.7 Å². The van der Waals surface area contributed by atoms with Gasteiger partial charge in [-0.1, -0.05) is 52.3 Å². The molecule has 0 saturated carbocycles. The van der Waals surface area contributed by atoms with Crippen LogP contribution in [0.1, 0.15) is 70.2 Å². The number of hydrogen-bond acceptors (Lipinski definition) is 1. The molecule has 1 nitrogen and oxygen atoms in total. The van der Waals surface area contributed by atoms with Crippen molar-refractivity contribution in [3.63, 3.8) is 0 Å². The molecule has 1 aromatic rings. The second-order valence-corrected chi connectivity index (χ2v) is 7.87. The summed E-state index contributed by atoms with van der Waals surface area (Å²) in [6, 6.07) is 4.71. The largest absolute Gasteiger partial charge is 0.310 e. The molecule has 0 aromatic heterocycles. The van der Waals surface area contributed by atoms with Crippen LogP contribution in [-0.2, 0) is 0 Å². The fourth-order valence-electron chi connectivity index (χ4n) is 2.42. The third kappa shape index (κ3) is 5.30. The molecule has 0 radical (unpaired) electrons. The SMILES string of the molecule is CCCNC(CC(C)C(C)(C)C)c1cc(C)c(C)cc1Cl. The maximum Gasteiger partial charge on any atom is 0.0456 e. The summed E-state index contributed by atoms with van der Waals surface area (Å²) in [5.41, 5.74) is 4.16. The van der Waals surface area contributed by atoms with Gasteiger partial charge in [-0.25, -0.2) is 0 Å². The van der Waals surface area contributed by atoms with Crippen molar-refractivity contribution < 1.29 is 0 Å². The Hall–Kier alpha value is -0.530. The zero-order valence-electron chi connectivity index (χ0n) is 14.8. The van der Waals surface area contributed by atoms with Crippen LogP contribution in [0.25, 0.3) is 0 Å². The van der Waals surface area contributed by atoms with E-state index in [-0.39, 0.29) is 0 Å². The van der Waals surface area contributed by atoms with E-state index in [0.29, 0.717) is 17.4 Å². The highest BCUT2D eigenvalue weighted by Crippen LogP contribution is 2.36. The van der Waals surface area contributed by atoms with Gasteiger partial charge in [-0.05, 0) is 67.3 Å². The molecule has 0 spiro atoms. The number of nitrogens with one attached hydrogen (secondary N) is 1. The van der Waals surface area contributed by atoms with Crippen LogP contribution in [0.2, 0.25) is 5.02 Å². The number of rotatable bonds is 6. The third-order valence-electron chi connectivity index (χ3n) is 4.70. The van der Waals surface area contributed by atoms with E-state index >= 15 is 0 Å².